The van der Waals surface area contributed by atoms with E-state index in [-0.39, 0.29) is 0 Å². The zero-order valence-corrected chi connectivity index (χ0v) is 12.9. The molecule has 106 valence electrons. The molecule has 1 aromatic rings. The topological polar surface area (TPSA) is 28.2 Å². The van der Waals surface area contributed by atoms with E-state index in [9.17, 15) is 0 Å². The minimum absolute atomic E-state index is 0.414. The number of anilines is 1. The Kier molecular flexibility index (Phi) is 3.81. The molecule has 2 aliphatic rings. The third-order valence-corrected chi connectivity index (χ3v) is 6.37. The third kappa shape index (κ3) is 2.65. The highest BCUT2D eigenvalue weighted by Gasteiger charge is 2.37. The fourth-order valence-electron chi connectivity index (χ4n) is 3.56. The molecule has 1 saturated carbocycles. The standard InChI is InChI=1S/C15H25N3S/c1-12(16-2)13-11-17-14(19-13)18-9-7-15(8-10-18)5-3-4-6-15/h11-12,16H,3-10H2,1-2H3. The molecule has 0 radical (unpaired) electrons. The van der Waals surface area contributed by atoms with Crippen LogP contribution in [0.25, 0.3) is 0 Å². The van der Waals surface area contributed by atoms with Crippen LogP contribution in [-0.4, -0.2) is 25.1 Å². The van der Waals surface area contributed by atoms with Gasteiger partial charge in [-0.3, -0.25) is 0 Å². The first-order valence-corrected chi connectivity index (χ1v) is 8.42. The first kappa shape index (κ1) is 13.4. The number of thiazole rings is 1. The number of rotatable bonds is 3. The van der Waals surface area contributed by atoms with Gasteiger partial charge in [-0.25, -0.2) is 4.98 Å². The van der Waals surface area contributed by atoms with Crippen LogP contribution in [0.5, 0.6) is 0 Å². The third-order valence-electron chi connectivity index (χ3n) is 5.13. The molecule has 0 amide bonds. The maximum absolute atomic E-state index is 4.63. The molecule has 1 aliphatic carbocycles. The van der Waals surface area contributed by atoms with Gasteiger partial charge in [-0.15, -0.1) is 11.3 Å². The largest absolute Gasteiger partial charge is 0.348 e. The van der Waals surface area contributed by atoms with E-state index < -0.39 is 0 Å². The lowest BCUT2D eigenvalue weighted by Crippen LogP contribution is -2.38. The number of hydrogen-bond donors (Lipinski definition) is 1. The summed E-state index contributed by atoms with van der Waals surface area (Å²) in [6.45, 7) is 4.61. The Labute approximate surface area is 120 Å². The number of hydrogen-bond acceptors (Lipinski definition) is 4. The van der Waals surface area contributed by atoms with Crippen molar-refractivity contribution in [3.05, 3.63) is 11.1 Å². The molecule has 1 aliphatic heterocycles. The van der Waals surface area contributed by atoms with Crippen molar-refractivity contribution in [2.24, 2.45) is 5.41 Å². The highest BCUT2D eigenvalue weighted by Crippen LogP contribution is 2.47. The molecule has 1 N–H and O–H groups in total. The Morgan fingerprint density at radius 2 is 1.95 bits per heavy atom. The van der Waals surface area contributed by atoms with Crippen molar-refractivity contribution in [1.82, 2.24) is 10.3 Å². The molecule has 0 aromatic carbocycles. The summed E-state index contributed by atoms with van der Waals surface area (Å²) >= 11 is 1.86. The predicted molar refractivity (Wildman–Crippen MR) is 81.9 cm³/mol. The lowest BCUT2D eigenvalue weighted by Gasteiger charge is -2.39. The molecule has 2 heterocycles. The van der Waals surface area contributed by atoms with Gasteiger partial charge in [-0.1, -0.05) is 12.8 Å². The Hall–Kier alpha value is -0.610. The molecule has 1 saturated heterocycles. The maximum Gasteiger partial charge on any atom is 0.185 e. The average molecular weight is 279 g/mol. The number of nitrogens with one attached hydrogen (secondary N) is 1. The molecule has 1 unspecified atom stereocenters. The molecule has 4 heteroatoms. The molecule has 3 nitrogen and oxygen atoms in total. The summed E-state index contributed by atoms with van der Waals surface area (Å²) < 4.78 is 0. The van der Waals surface area contributed by atoms with Crippen molar-refractivity contribution >= 4 is 16.5 Å². The van der Waals surface area contributed by atoms with Gasteiger partial charge in [0.25, 0.3) is 0 Å². The van der Waals surface area contributed by atoms with Crippen LogP contribution in [0.4, 0.5) is 5.13 Å². The summed E-state index contributed by atoms with van der Waals surface area (Å²) in [6.07, 6.45) is 10.7. The van der Waals surface area contributed by atoms with Crippen molar-refractivity contribution in [2.45, 2.75) is 51.5 Å². The number of nitrogens with zero attached hydrogens (tertiary/aromatic N) is 2. The molecule has 0 bridgehead atoms. The van der Waals surface area contributed by atoms with E-state index in [1.165, 1.54) is 61.6 Å². The van der Waals surface area contributed by atoms with E-state index >= 15 is 0 Å². The van der Waals surface area contributed by atoms with Crippen molar-refractivity contribution in [2.75, 3.05) is 25.0 Å². The average Bonchev–Trinajstić information content (AvgIpc) is 3.09. The van der Waals surface area contributed by atoms with Crippen LogP contribution in [0, 0.1) is 5.41 Å². The van der Waals surface area contributed by atoms with Gasteiger partial charge in [0.15, 0.2) is 5.13 Å². The molecule has 19 heavy (non-hydrogen) atoms. The minimum Gasteiger partial charge on any atom is -0.348 e. The highest BCUT2D eigenvalue weighted by atomic mass is 32.1. The Balaban J connectivity index is 1.63. The molecule has 3 rings (SSSR count). The van der Waals surface area contributed by atoms with E-state index in [0.717, 1.165) is 0 Å². The van der Waals surface area contributed by atoms with E-state index in [1.54, 1.807) is 0 Å². The summed E-state index contributed by atoms with van der Waals surface area (Å²) in [5.74, 6) is 0. The molecular weight excluding hydrogens is 254 g/mol. The first-order chi connectivity index (χ1) is 9.22. The lowest BCUT2D eigenvalue weighted by atomic mass is 9.77. The summed E-state index contributed by atoms with van der Waals surface area (Å²) in [5.41, 5.74) is 0.703. The predicted octanol–water partition coefficient (Wildman–Crippen LogP) is 3.58. The van der Waals surface area contributed by atoms with Crippen LogP contribution < -0.4 is 10.2 Å². The van der Waals surface area contributed by atoms with Gasteiger partial charge in [0.2, 0.25) is 0 Å². The van der Waals surface area contributed by atoms with Gasteiger partial charge < -0.3 is 10.2 Å². The maximum atomic E-state index is 4.63. The summed E-state index contributed by atoms with van der Waals surface area (Å²) in [6, 6.07) is 0.414. The van der Waals surface area contributed by atoms with Gasteiger partial charge in [-0.2, -0.15) is 0 Å². The van der Waals surface area contributed by atoms with Crippen LogP contribution in [0.2, 0.25) is 0 Å². The Morgan fingerprint density at radius 3 is 2.58 bits per heavy atom. The van der Waals surface area contributed by atoms with E-state index in [1.807, 2.05) is 24.6 Å². The van der Waals surface area contributed by atoms with E-state index in [4.69, 9.17) is 0 Å². The Morgan fingerprint density at radius 1 is 1.26 bits per heavy atom. The van der Waals surface area contributed by atoms with Gasteiger partial charge in [-0.05, 0) is 45.1 Å². The van der Waals surface area contributed by atoms with Crippen LogP contribution in [0.3, 0.4) is 0 Å². The first-order valence-electron chi connectivity index (χ1n) is 7.60. The van der Waals surface area contributed by atoms with Crippen LogP contribution in [0.15, 0.2) is 6.20 Å². The fourth-order valence-corrected chi connectivity index (χ4v) is 4.59. The molecular formula is C15H25N3S. The van der Waals surface area contributed by atoms with Crippen molar-refractivity contribution in [3.63, 3.8) is 0 Å². The second kappa shape index (κ2) is 5.41. The zero-order chi connectivity index (χ0) is 13.3. The lowest BCUT2D eigenvalue weighted by molar-refractivity contribution is 0.226. The van der Waals surface area contributed by atoms with Crippen LogP contribution >= 0.6 is 11.3 Å². The minimum atomic E-state index is 0.414. The van der Waals surface area contributed by atoms with E-state index in [0.29, 0.717) is 11.5 Å². The number of aromatic nitrogens is 1. The van der Waals surface area contributed by atoms with Crippen molar-refractivity contribution < 1.29 is 0 Å². The SMILES string of the molecule is CNC(C)c1cnc(N2CCC3(CCCC3)CC2)s1. The molecule has 1 aromatic heterocycles. The normalized spacial score (nSPS) is 24.0. The van der Waals surface area contributed by atoms with Gasteiger partial charge in [0, 0.05) is 30.2 Å². The zero-order valence-electron chi connectivity index (χ0n) is 12.1. The summed E-state index contributed by atoms with van der Waals surface area (Å²) in [4.78, 5) is 8.47. The van der Waals surface area contributed by atoms with Crippen molar-refractivity contribution in [1.29, 1.82) is 0 Å². The molecule has 1 spiro atoms. The van der Waals surface area contributed by atoms with Crippen LogP contribution in [0.1, 0.15) is 56.4 Å². The Bertz CT molecular complexity index is 413. The summed E-state index contributed by atoms with van der Waals surface area (Å²) in [7, 11) is 2.01. The van der Waals surface area contributed by atoms with Gasteiger partial charge in [0.1, 0.15) is 0 Å². The highest BCUT2D eigenvalue weighted by molar-refractivity contribution is 7.15. The second-order valence-corrected chi connectivity index (χ2v) is 7.29. The van der Waals surface area contributed by atoms with E-state index in [2.05, 4.69) is 22.1 Å². The monoisotopic (exact) mass is 279 g/mol. The molecule has 1 atom stereocenters. The smallest absolute Gasteiger partial charge is 0.185 e. The summed E-state index contributed by atoms with van der Waals surface area (Å²) in [5, 5.41) is 4.52. The fraction of sp³-hybridized carbons (Fsp3) is 0.800. The van der Waals surface area contributed by atoms with Gasteiger partial charge in [0.05, 0.1) is 0 Å². The van der Waals surface area contributed by atoms with Crippen molar-refractivity contribution in [3.8, 4) is 0 Å². The van der Waals surface area contributed by atoms with Crippen LogP contribution in [-0.2, 0) is 0 Å². The molecule has 2 fully saturated rings. The quantitative estimate of drug-likeness (QED) is 0.916. The van der Waals surface area contributed by atoms with Gasteiger partial charge >= 0.3 is 0 Å². The number of piperidine rings is 1. The second-order valence-electron chi connectivity index (χ2n) is 6.25.